The second-order valence-corrected chi connectivity index (χ2v) is 8.79. The van der Waals surface area contributed by atoms with Crippen LogP contribution in [-0.2, 0) is 0 Å². The Morgan fingerprint density at radius 2 is 1.74 bits per heavy atom. The van der Waals surface area contributed by atoms with Crippen LogP contribution in [0.25, 0.3) is 55.6 Å². The molecule has 5 aromatic heterocycles. The molecule has 0 spiro atoms. The lowest BCUT2D eigenvalue weighted by Gasteiger charge is -2.10. The molecule has 0 atom stereocenters. The summed E-state index contributed by atoms with van der Waals surface area (Å²) in [7, 11) is 0. The lowest BCUT2D eigenvalue weighted by molar-refractivity contribution is 0.628. The van der Waals surface area contributed by atoms with Crippen molar-refractivity contribution in [2.75, 3.05) is 5.32 Å². The topological polar surface area (TPSA) is 95.2 Å². The summed E-state index contributed by atoms with van der Waals surface area (Å²) < 4.78 is 13.9. The van der Waals surface area contributed by atoms with Crippen LogP contribution in [0.1, 0.15) is 13.8 Å². The van der Waals surface area contributed by atoms with E-state index < -0.39 is 0 Å². The molecule has 0 aliphatic heterocycles. The Labute approximate surface area is 200 Å². The van der Waals surface area contributed by atoms with Gasteiger partial charge in [-0.1, -0.05) is 12.1 Å². The van der Waals surface area contributed by atoms with Crippen LogP contribution in [-0.4, -0.2) is 36.2 Å². The van der Waals surface area contributed by atoms with E-state index in [2.05, 4.69) is 49.3 Å². The number of rotatable bonds is 5. The second-order valence-electron chi connectivity index (χ2n) is 8.79. The number of H-pyrrole nitrogens is 2. The van der Waals surface area contributed by atoms with E-state index in [-0.39, 0.29) is 5.82 Å². The van der Waals surface area contributed by atoms with E-state index in [9.17, 15) is 4.39 Å². The average molecular weight is 464 g/mol. The molecule has 0 bridgehead atoms. The summed E-state index contributed by atoms with van der Waals surface area (Å²) in [6, 6.07) is 12.9. The summed E-state index contributed by atoms with van der Waals surface area (Å²) in [5.74, 6) is -0.282. The summed E-state index contributed by atoms with van der Waals surface area (Å²) in [4.78, 5) is 16.8. The van der Waals surface area contributed by atoms with Gasteiger partial charge >= 0.3 is 0 Å². The molecule has 0 amide bonds. The van der Waals surface area contributed by atoms with E-state index in [0.717, 1.165) is 61.3 Å². The first kappa shape index (κ1) is 21.0. The predicted molar refractivity (Wildman–Crippen MR) is 136 cm³/mol. The Bertz CT molecular complexity index is 1680. The lowest BCUT2D eigenvalue weighted by atomic mass is 10.0. The van der Waals surface area contributed by atoms with Gasteiger partial charge in [0.25, 0.3) is 0 Å². The molecule has 7 nitrogen and oxygen atoms in total. The zero-order valence-corrected chi connectivity index (χ0v) is 19.2. The summed E-state index contributed by atoms with van der Waals surface area (Å²) >= 11 is 0. The van der Waals surface area contributed by atoms with Gasteiger partial charge in [-0.2, -0.15) is 5.10 Å². The van der Waals surface area contributed by atoms with Crippen molar-refractivity contribution < 1.29 is 4.39 Å². The van der Waals surface area contributed by atoms with E-state index >= 15 is 0 Å². The number of benzene rings is 1. The van der Waals surface area contributed by atoms with Gasteiger partial charge in [0.15, 0.2) is 0 Å². The molecule has 6 rings (SSSR count). The van der Waals surface area contributed by atoms with Crippen molar-refractivity contribution >= 4 is 27.5 Å². The standard InChI is InChI=1S/C27H22FN7/c1-15(2)32-19-7-17(10-29-11-19)23-9-21-26(14-31-23)34-35-27(21)24-8-20-22(12-30-13-25(20)33-24)16-4-3-5-18(28)6-16/h3-15,32-33H,1-2H3,(H,34,35). The van der Waals surface area contributed by atoms with Crippen molar-refractivity contribution in [2.24, 2.45) is 0 Å². The van der Waals surface area contributed by atoms with E-state index in [0.29, 0.717) is 6.04 Å². The molecule has 0 aliphatic rings. The number of halogens is 1. The summed E-state index contributed by atoms with van der Waals surface area (Å²) in [6.07, 6.45) is 8.92. The number of nitrogens with one attached hydrogen (secondary N) is 3. The molecule has 0 radical (unpaired) electrons. The molecule has 1 aromatic carbocycles. The monoisotopic (exact) mass is 463 g/mol. The fourth-order valence-corrected chi connectivity index (χ4v) is 4.34. The molecular formula is C27H22FN7. The minimum absolute atomic E-state index is 0.282. The summed E-state index contributed by atoms with van der Waals surface area (Å²) in [6.45, 7) is 4.18. The van der Waals surface area contributed by atoms with Crippen LogP contribution >= 0.6 is 0 Å². The lowest BCUT2D eigenvalue weighted by Crippen LogP contribution is -2.09. The first-order valence-electron chi connectivity index (χ1n) is 11.3. The molecule has 172 valence electrons. The molecule has 0 aliphatic carbocycles. The number of anilines is 1. The average Bonchev–Trinajstić information content (AvgIpc) is 3.47. The second kappa shape index (κ2) is 8.32. The molecule has 35 heavy (non-hydrogen) atoms. The number of pyridine rings is 3. The molecule has 0 saturated carbocycles. The quantitative estimate of drug-likeness (QED) is 0.283. The summed E-state index contributed by atoms with van der Waals surface area (Å²) in [5.41, 5.74) is 7.58. The summed E-state index contributed by atoms with van der Waals surface area (Å²) in [5, 5.41) is 12.9. The SMILES string of the molecule is CC(C)Nc1cncc(-c2cc3c(-c4cc5c(-c6cccc(F)c6)cncc5[nH]4)n[nH]c3cn2)c1. The van der Waals surface area contributed by atoms with Crippen molar-refractivity contribution in [2.45, 2.75) is 19.9 Å². The first-order valence-corrected chi connectivity index (χ1v) is 11.3. The predicted octanol–water partition coefficient (Wildman–Crippen LogP) is 6.19. The molecule has 6 aromatic rings. The minimum Gasteiger partial charge on any atom is -0.382 e. The maximum absolute atomic E-state index is 13.9. The number of nitrogens with zero attached hydrogens (tertiary/aromatic N) is 4. The largest absolute Gasteiger partial charge is 0.382 e. The highest BCUT2D eigenvalue weighted by molar-refractivity contribution is 6.01. The first-order chi connectivity index (χ1) is 17.0. The van der Waals surface area contributed by atoms with Gasteiger partial charge < -0.3 is 10.3 Å². The van der Waals surface area contributed by atoms with Crippen LogP contribution in [0.2, 0.25) is 0 Å². The Balaban J connectivity index is 1.45. The highest BCUT2D eigenvalue weighted by Crippen LogP contribution is 2.34. The molecular weight excluding hydrogens is 441 g/mol. The van der Waals surface area contributed by atoms with E-state index in [1.807, 2.05) is 24.3 Å². The van der Waals surface area contributed by atoms with Crippen molar-refractivity contribution in [3.8, 4) is 33.8 Å². The number of fused-ring (bicyclic) bond motifs is 2. The molecule has 0 unspecified atom stereocenters. The van der Waals surface area contributed by atoms with Crippen molar-refractivity contribution in [3.05, 3.63) is 79.3 Å². The highest BCUT2D eigenvalue weighted by atomic mass is 19.1. The van der Waals surface area contributed by atoms with Gasteiger partial charge in [0.2, 0.25) is 0 Å². The number of aromatic amines is 2. The van der Waals surface area contributed by atoms with Gasteiger partial charge in [-0.25, -0.2) is 4.39 Å². The Hall–Kier alpha value is -4.59. The smallest absolute Gasteiger partial charge is 0.123 e. The maximum atomic E-state index is 13.9. The third-order valence-corrected chi connectivity index (χ3v) is 5.87. The third kappa shape index (κ3) is 3.89. The fourth-order valence-electron chi connectivity index (χ4n) is 4.34. The third-order valence-electron chi connectivity index (χ3n) is 5.87. The number of hydrogen-bond acceptors (Lipinski definition) is 5. The molecule has 8 heteroatoms. The van der Waals surface area contributed by atoms with Crippen LogP contribution in [0.3, 0.4) is 0 Å². The maximum Gasteiger partial charge on any atom is 0.123 e. The fraction of sp³-hybridized carbons (Fsp3) is 0.111. The van der Waals surface area contributed by atoms with Gasteiger partial charge in [0.1, 0.15) is 11.5 Å². The Morgan fingerprint density at radius 3 is 2.60 bits per heavy atom. The van der Waals surface area contributed by atoms with E-state index in [1.165, 1.54) is 12.1 Å². The van der Waals surface area contributed by atoms with Crippen LogP contribution in [0.5, 0.6) is 0 Å². The van der Waals surface area contributed by atoms with Crippen molar-refractivity contribution in [1.29, 1.82) is 0 Å². The van der Waals surface area contributed by atoms with Crippen LogP contribution in [0.4, 0.5) is 10.1 Å². The molecule has 3 N–H and O–H groups in total. The zero-order valence-electron chi connectivity index (χ0n) is 19.2. The van der Waals surface area contributed by atoms with Gasteiger partial charge in [0.05, 0.1) is 40.5 Å². The molecule has 5 heterocycles. The van der Waals surface area contributed by atoms with Crippen molar-refractivity contribution in [3.63, 3.8) is 0 Å². The van der Waals surface area contributed by atoms with Gasteiger partial charge in [-0.05, 0) is 49.7 Å². The normalized spacial score (nSPS) is 11.5. The van der Waals surface area contributed by atoms with Crippen LogP contribution in [0, 0.1) is 5.82 Å². The van der Waals surface area contributed by atoms with Gasteiger partial charge in [0, 0.05) is 46.5 Å². The number of aromatic nitrogens is 6. The Kier molecular flexibility index (Phi) is 4.99. The van der Waals surface area contributed by atoms with Gasteiger partial charge in [-0.15, -0.1) is 0 Å². The highest BCUT2D eigenvalue weighted by Gasteiger charge is 2.15. The van der Waals surface area contributed by atoms with Crippen LogP contribution in [0.15, 0.2) is 73.4 Å². The van der Waals surface area contributed by atoms with E-state index in [1.54, 1.807) is 37.1 Å². The Morgan fingerprint density at radius 1 is 0.857 bits per heavy atom. The zero-order chi connectivity index (χ0) is 23.9. The van der Waals surface area contributed by atoms with Crippen LogP contribution < -0.4 is 5.32 Å². The van der Waals surface area contributed by atoms with Gasteiger partial charge in [-0.3, -0.25) is 20.1 Å². The van der Waals surface area contributed by atoms with E-state index in [4.69, 9.17) is 0 Å². The molecule has 0 fully saturated rings. The minimum atomic E-state index is -0.282. The van der Waals surface area contributed by atoms with Crippen molar-refractivity contribution in [1.82, 2.24) is 30.1 Å². The number of hydrogen-bond donors (Lipinski definition) is 3. The molecule has 0 saturated heterocycles.